The molecule has 4 nitrogen and oxygen atoms in total. The van der Waals surface area contributed by atoms with Crippen molar-refractivity contribution in [3.8, 4) is 11.6 Å². The summed E-state index contributed by atoms with van der Waals surface area (Å²) in [7, 11) is 0. The van der Waals surface area contributed by atoms with Gasteiger partial charge in [0.1, 0.15) is 5.75 Å². The number of para-hydroxylation sites is 1. The molecule has 2 aromatic heterocycles. The zero-order valence-electron chi connectivity index (χ0n) is 9.58. The number of aromatic nitrogens is 2. The highest BCUT2D eigenvalue weighted by atomic mass is 16.5. The first kappa shape index (κ1) is 10.5. The average molecular weight is 237 g/mol. The second-order valence-corrected chi connectivity index (χ2v) is 3.90. The van der Waals surface area contributed by atoms with E-state index in [-0.39, 0.29) is 0 Å². The molecule has 0 aliphatic heterocycles. The number of pyridine rings is 2. The summed E-state index contributed by atoms with van der Waals surface area (Å²) in [5.41, 5.74) is 7.11. The molecule has 3 aromatic rings. The molecule has 4 heteroatoms. The van der Waals surface area contributed by atoms with Crippen molar-refractivity contribution in [3.63, 3.8) is 0 Å². The second kappa shape index (κ2) is 4.33. The van der Waals surface area contributed by atoms with Crippen molar-refractivity contribution in [2.24, 2.45) is 0 Å². The highest BCUT2D eigenvalue weighted by Gasteiger charge is 2.01. The highest BCUT2D eigenvalue weighted by molar-refractivity contribution is 5.79. The third-order valence-electron chi connectivity index (χ3n) is 2.55. The summed E-state index contributed by atoms with van der Waals surface area (Å²) in [6.45, 7) is 0. The molecule has 2 N–H and O–H groups in total. The monoisotopic (exact) mass is 237 g/mol. The van der Waals surface area contributed by atoms with Gasteiger partial charge in [-0.1, -0.05) is 18.2 Å². The zero-order valence-corrected chi connectivity index (χ0v) is 9.58. The minimum atomic E-state index is 0.501. The van der Waals surface area contributed by atoms with Crippen LogP contribution in [0.25, 0.3) is 10.9 Å². The standard InChI is InChI=1S/C14H11N3O/c15-11-5-6-14(17-8-11)18-12-7-10-3-1-2-4-13(10)16-9-12/h1-9H,15H2. The van der Waals surface area contributed by atoms with Crippen LogP contribution in [-0.4, -0.2) is 9.97 Å². The van der Waals surface area contributed by atoms with E-state index in [4.69, 9.17) is 10.5 Å². The van der Waals surface area contributed by atoms with E-state index in [0.29, 0.717) is 17.3 Å². The molecule has 0 saturated carbocycles. The Labute approximate surface area is 104 Å². The van der Waals surface area contributed by atoms with E-state index < -0.39 is 0 Å². The van der Waals surface area contributed by atoms with Gasteiger partial charge in [0.15, 0.2) is 0 Å². The van der Waals surface area contributed by atoms with E-state index in [9.17, 15) is 0 Å². The molecular formula is C14H11N3O. The summed E-state index contributed by atoms with van der Waals surface area (Å²) in [5.74, 6) is 1.16. The topological polar surface area (TPSA) is 61.0 Å². The molecule has 0 fully saturated rings. The minimum Gasteiger partial charge on any atom is -0.437 e. The number of benzene rings is 1. The lowest BCUT2D eigenvalue weighted by atomic mass is 10.2. The number of anilines is 1. The Morgan fingerprint density at radius 3 is 2.67 bits per heavy atom. The van der Waals surface area contributed by atoms with Crippen LogP contribution in [0.3, 0.4) is 0 Å². The summed E-state index contributed by atoms with van der Waals surface area (Å²) < 4.78 is 5.61. The Bertz CT molecular complexity index is 680. The molecule has 0 bridgehead atoms. The average Bonchev–Trinajstić information content (AvgIpc) is 2.41. The van der Waals surface area contributed by atoms with Gasteiger partial charge in [0.05, 0.1) is 23.6 Å². The maximum atomic E-state index is 5.61. The molecule has 0 saturated heterocycles. The molecule has 2 heterocycles. The number of nitrogen functional groups attached to an aromatic ring is 1. The Morgan fingerprint density at radius 2 is 1.83 bits per heavy atom. The van der Waals surface area contributed by atoms with Gasteiger partial charge >= 0.3 is 0 Å². The normalized spacial score (nSPS) is 10.4. The fourth-order valence-corrected chi connectivity index (χ4v) is 1.68. The van der Waals surface area contributed by atoms with Crippen LogP contribution in [0.2, 0.25) is 0 Å². The number of nitrogens with two attached hydrogens (primary N) is 1. The van der Waals surface area contributed by atoms with E-state index >= 15 is 0 Å². The molecule has 0 unspecified atom stereocenters. The molecule has 0 atom stereocenters. The molecule has 3 rings (SSSR count). The molecule has 0 spiro atoms. The van der Waals surface area contributed by atoms with Gasteiger partial charge in [0.2, 0.25) is 5.88 Å². The fourth-order valence-electron chi connectivity index (χ4n) is 1.68. The Morgan fingerprint density at radius 1 is 0.944 bits per heavy atom. The molecule has 0 aliphatic rings. The van der Waals surface area contributed by atoms with Gasteiger partial charge in [-0.3, -0.25) is 4.98 Å². The molecule has 18 heavy (non-hydrogen) atoms. The Kier molecular flexibility index (Phi) is 2.53. The van der Waals surface area contributed by atoms with Crippen LogP contribution < -0.4 is 10.5 Å². The summed E-state index contributed by atoms with van der Waals surface area (Å²) in [6.07, 6.45) is 3.24. The molecule has 0 aliphatic carbocycles. The van der Waals surface area contributed by atoms with Crippen molar-refractivity contribution in [1.82, 2.24) is 9.97 Å². The fraction of sp³-hybridized carbons (Fsp3) is 0. The van der Waals surface area contributed by atoms with Gasteiger partial charge < -0.3 is 10.5 Å². The number of fused-ring (bicyclic) bond motifs is 1. The van der Waals surface area contributed by atoms with E-state index in [2.05, 4.69) is 9.97 Å². The van der Waals surface area contributed by atoms with Gasteiger partial charge in [0.25, 0.3) is 0 Å². The predicted molar refractivity (Wildman–Crippen MR) is 70.5 cm³/mol. The smallest absolute Gasteiger partial charge is 0.219 e. The third kappa shape index (κ3) is 2.08. The van der Waals surface area contributed by atoms with Crippen molar-refractivity contribution in [3.05, 3.63) is 54.9 Å². The quantitative estimate of drug-likeness (QED) is 0.744. The largest absolute Gasteiger partial charge is 0.437 e. The molecule has 1 aromatic carbocycles. The van der Waals surface area contributed by atoms with Crippen LogP contribution in [0.4, 0.5) is 5.69 Å². The molecule has 0 radical (unpaired) electrons. The van der Waals surface area contributed by atoms with E-state index in [1.165, 1.54) is 0 Å². The van der Waals surface area contributed by atoms with Gasteiger partial charge in [-0.25, -0.2) is 4.98 Å². The van der Waals surface area contributed by atoms with Crippen molar-refractivity contribution < 1.29 is 4.74 Å². The van der Waals surface area contributed by atoms with Crippen LogP contribution >= 0.6 is 0 Å². The number of rotatable bonds is 2. The van der Waals surface area contributed by atoms with Gasteiger partial charge in [-0.2, -0.15) is 0 Å². The lowest BCUT2D eigenvalue weighted by Gasteiger charge is -2.05. The number of ether oxygens (including phenoxy) is 1. The third-order valence-corrected chi connectivity index (χ3v) is 2.55. The Balaban J connectivity index is 1.92. The van der Waals surface area contributed by atoms with Gasteiger partial charge in [0, 0.05) is 11.5 Å². The molecular weight excluding hydrogens is 226 g/mol. The first-order valence-electron chi connectivity index (χ1n) is 5.55. The maximum absolute atomic E-state index is 5.61. The SMILES string of the molecule is Nc1ccc(Oc2cnc3ccccc3c2)nc1. The van der Waals surface area contributed by atoms with Crippen molar-refractivity contribution in [2.45, 2.75) is 0 Å². The van der Waals surface area contributed by atoms with Crippen LogP contribution in [0.15, 0.2) is 54.9 Å². The summed E-state index contributed by atoms with van der Waals surface area (Å²) in [6, 6.07) is 13.3. The number of hydrogen-bond donors (Lipinski definition) is 1. The van der Waals surface area contributed by atoms with Crippen LogP contribution in [0.1, 0.15) is 0 Å². The van der Waals surface area contributed by atoms with Gasteiger partial charge in [-0.15, -0.1) is 0 Å². The Hall–Kier alpha value is -2.62. The summed E-state index contributed by atoms with van der Waals surface area (Å²) in [4.78, 5) is 8.40. The van der Waals surface area contributed by atoms with Crippen molar-refractivity contribution >= 4 is 16.6 Å². The van der Waals surface area contributed by atoms with E-state index in [1.54, 1.807) is 24.5 Å². The van der Waals surface area contributed by atoms with E-state index in [1.807, 2.05) is 30.3 Å². The second-order valence-electron chi connectivity index (χ2n) is 3.90. The predicted octanol–water partition coefficient (Wildman–Crippen LogP) is 3.00. The summed E-state index contributed by atoms with van der Waals surface area (Å²) >= 11 is 0. The lowest BCUT2D eigenvalue weighted by Crippen LogP contribution is -1.91. The molecule has 88 valence electrons. The van der Waals surface area contributed by atoms with Crippen molar-refractivity contribution in [2.75, 3.05) is 5.73 Å². The van der Waals surface area contributed by atoms with Crippen LogP contribution in [0.5, 0.6) is 11.6 Å². The van der Waals surface area contributed by atoms with Gasteiger partial charge in [-0.05, 0) is 18.2 Å². The first-order chi connectivity index (χ1) is 8.81. The minimum absolute atomic E-state index is 0.501. The van der Waals surface area contributed by atoms with Crippen molar-refractivity contribution in [1.29, 1.82) is 0 Å². The number of nitrogens with zero attached hydrogens (tertiary/aromatic N) is 2. The van der Waals surface area contributed by atoms with E-state index in [0.717, 1.165) is 10.9 Å². The lowest BCUT2D eigenvalue weighted by molar-refractivity contribution is 0.462. The van der Waals surface area contributed by atoms with Crippen LogP contribution in [-0.2, 0) is 0 Å². The first-order valence-corrected chi connectivity index (χ1v) is 5.55. The van der Waals surface area contributed by atoms with Crippen LogP contribution in [0, 0.1) is 0 Å². The molecule has 0 amide bonds. The summed E-state index contributed by atoms with van der Waals surface area (Å²) in [5, 5.41) is 1.03. The maximum Gasteiger partial charge on any atom is 0.219 e. The highest BCUT2D eigenvalue weighted by Crippen LogP contribution is 2.22. The number of hydrogen-bond acceptors (Lipinski definition) is 4. The zero-order chi connectivity index (χ0) is 12.4.